The molecule has 1 saturated heterocycles. The zero-order chi connectivity index (χ0) is 12.5. The molecule has 2 aliphatic heterocycles. The zero-order valence-corrected chi connectivity index (χ0v) is 11.5. The van der Waals surface area contributed by atoms with Crippen LogP contribution in [0.2, 0.25) is 5.02 Å². The molecule has 2 atom stereocenters. The fourth-order valence-corrected chi connectivity index (χ4v) is 3.24. The molecule has 2 heterocycles. The molecule has 18 heavy (non-hydrogen) atoms. The Kier molecular flexibility index (Phi) is 3.46. The van der Waals surface area contributed by atoms with E-state index in [0.717, 1.165) is 31.2 Å². The van der Waals surface area contributed by atoms with Crippen molar-refractivity contribution in [1.29, 1.82) is 0 Å². The molecule has 0 saturated carbocycles. The summed E-state index contributed by atoms with van der Waals surface area (Å²) in [5.74, 6) is 0. The average Bonchev–Trinajstić information content (AvgIpc) is 2.38. The van der Waals surface area contributed by atoms with E-state index in [0.29, 0.717) is 12.1 Å². The van der Waals surface area contributed by atoms with Crippen LogP contribution >= 0.6 is 11.6 Å². The standard InChI is InChI=1S/C14H20ClN3/c1-10-8-14(18-6-4-16-5-7-18)12-3-2-11(15)9-13(12)17-10/h2-3,9-10,14,16-17H,4-8H2,1H3. The van der Waals surface area contributed by atoms with Gasteiger partial charge in [-0.15, -0.1) is 0 Å². The van der Waals surface area contributed by atoms with Gasteiger partial charge in [-0.25, -0.2) is 0 Å². The van der Waals surface area contributed by atoms with Crippen LogP contribution in [-0.2, 0) is 0 Å². The van der Waals surface area contributed by atoms with Crippen molar-refractivity contribution in [3.8, 4) is 0 Å². The van der Waals surface area contributed by atoms with Gasteiger partial charge in [-0.2, -0.15) is 0 Å². The van der Waals surface area contributed by atoms with Crippen molar-refractivity contribution in [2.45, 2.75) is 25.4 Å². The van der Waals surface area contributed by atoms with E-state index >= 15 is 0 Å². The third-order valence-corrected chi connectivity index (χ3v) is 4.18. The quantitative estimate of drug-likeness (QED) is 0.817. The second kappa shape index (κ2) is 5.08. The van der Waals surface area contributed by atoms with Gasteiger partial charge in [-0.05, 0) is 31.0 Å². The van der Waals surface area contributed by atoms with Crippen molar-refractivity contribution in [2.24, 2.45) is 0 Å². The van der Waals surface area contributed by atoms with E-state index in [1.165, 1.54) is 17.7 Å². The number of anilines is 1. The number of fused-ring (bicyclic) bond motifs is 1. The molecule has 0 bridgehead atoms. The van der Waals surface area contributed by atoms with Crippen LogP contribution in [-0.4, -0.2) is 37.1 Å². The molecule has 0 amide bonds. The van der Waals surface area contributed by atoms with Crippen LogP contribution in [0.3, 0.4) is 0 Å². The number of piperazine rings is 1. The predicted molar refractivity (Wildman–Crippen MR) is 76.3 cm³/mol. The summed E-state index contributed by atoms with van der Waals surface area (Å²) in [4.78, 5) is 2.60. The molecule has 2 N–H and O–H groups in total. The lowest BCUT2D eigenvalue weighted by Crippen LogP contribution is -2.47. The normalized spacial score (nSPS) is 28.6. The van der Waals surface area contributed by atoms with E-state index in [2.05, 4.69) is 34.6 Å². The Morgan fingerprint density at radius 2 is 2.06 bits per heavy atom. The van der Waals surface area contributed by atoms with Gasteiger partial charge < -0.3 is 10.6 Å². The smallest absolute Gasteiger partial charge is 0.0426 e. The lowest BCUT2D eigenvalue weighted by Gasteiger charge is -2.40. The van der Waals surface area contributed by atoms with Gasteiger partial charge in [0.05, 0.1) is 0 Å². The summed E-state index contributed by atoms with van der Waals surface area (Å²) >= 11 is 6.09. The fraction of sp³-hybridized carbons (Fsp3) is 0.571. The highest BCUT2D eigenvalue weighted by Crippen LogP contribution is 2.37. The molecule has 4 heteroatoms. The summed E-state index contributed by atoms with van der Waals surface area (Å²) < 4.78 is 0. The molecule has 3 nitrogen and oxygen atoms in total. The topological polar surface area (TPSA) is 27.3 Å². The van der Waals surface area contributed by atoms with E-state index < -0.39 is 0 Å². The van der Waals surface area contributed by atoms with E-state index in [1.807, 2.05) is 6.07 Å². The number of halogens is 1. The summed E-state index contributed by atoms with van der Waals surface area (Å²) in [6, 6.07) is 7.30. The number of hydrogen-bond donors (Lipinski definition) is 2. The predicted octanol–water partition coefficient (Wildman–Crippen LogP) is 2.49. The maximum atomic E-state index is 6.09. The van der Waals surface area contributed by atoms with Crippen LogP contribution < -0.4 is 10.6 Å². The molecule has 0 radical (unpaired) electrons. The molecule has 98 valence electrons. The van der Waals surface area contributed by atoms with E-state index in [-0.39, 0.29) is 0 Å². The number of benzene rings is 1. The molecule has 3 rings (SSSR count). The maximum absolute atomic E-state index is 6.09. The van der Waals surface area contributed by atoms with Gasteiger partial charge in [0.1, 0.15) is 0 Å². The van der Waals surface area contributed by atoms with Gasteiger partial charge >= 0.3 is 0 Å². The van der Waals surface area contributed by atoms with E-state index in [1.54, 1.807) is 0 Å². The van der Waals surface area contributed by atoms with Crippen LogP contribution in [0.15, 0.2) is 18.2 Å². The number of rotatable bonds is 1. The number of nitrogens with one attached hydrogen (secondary N) is 2. The van der Waals surface area contributed by atoms with Crippen LogP contribution in [0.5, 0.6) is 0 Å². The first kappa shape index (κ1) is 12.3. The molecule has 0 aromatic heterocycles. The highest BCUT2D eigenvalue weighted by Gasteiger charge is 2.29. The molecular weight excluding hydrogens is 246 g/mol. The number of hydrogen-bond acceptors (Lipinski definition) is 3. The summed E-state index contributed by atoms with van der Waals surface area (Å²) in [5, 5.41) is 7.78. The molecule has 1 aromatic rings. The minimum absolute atomic E-state index is 0.510. The Morgan fingerprint density at radius 1 is 1.28 bits per heavy atom. The molecule has 2 unspecified atom stereocenters. The Bertz CT molecular complexity index is 429. The van der Waals surface area contributed by atoms with E-state index in [4.69, 9.17) is 11.6 Å². The van der Waals surface area contributed by atoms with Gasteiger partial charge in [0.25, 0.3) is 0 Å². The molecular formula is C14H20ClN3. The lowest BCUT2D eigenvalue weighted by molar-refractivity contribution is 0.159. The van der Waals surface area contributed by atoms with Crippen LogP contribution in [0.25, 0.3) is 0 Å². The van der Waals surface area contributed by atoms with Crippen LogP contribution in [0, 0.1) is 0 Å². The molecule has 1 aromatic carbocycles. The molecule has 0 spiro atoms. The monoisotopic (exact) mass is 265 g/mol. The maximum Gasteiger partial charge on any atom is 0.0426 e. The Hall–Kier alpha value is -0.770. The highest BCUT2D eigenvalue weighted by molar-refractivity contribution is 6.30. The van der Waals surface area contributed by atoms with Crippen molar-refractivity contribution >= 4 is 17.3 Å². The van der Waals surface area contributed by atoms with Gasteiger partial charge in [0, 0.05) is 49.0 Å². The minimum Gasteiger partial charge on any atom is -0.382 e. The first-order valence-corrected chi connectivity index (χ1v) is 7.12. The summed E-state index contributed by atoms with van der Waals surface area (Å²) in [7, 11) is 0. The van der Waals surface area contributed by atoms with Crippen LogP contribution in [0.4, 0.5) is 5.69 Å². The average molecular weight is 266 g/mol. The van der Waals surface area contributed by atoms with Crippen molar-refractivity contribution in [3.05, 3.63) is 28.8 Å². The van der Waals surface area contributed by atoms with Crippen molar-refractivity contribution < 1.29 is 0 Å². The molecule has 2 aliphatic rings. The Balaban J connectivity index is 1.91. The fourth-order valence-electron chi connectivity index (χ4n) is 3.07. The van der Waals surface area contributed by atoms with Gasteiger partial charge in [-0.1, -0.05) is 17.7 Å². The third-order valence-electron chi connectivity index (χ3n) is 3.95. The van der Waals surface area contributed by atoms with Crippen molar-refractivity contribution in [1.82, 2.24) is 10.2 Å². The van der Waals surface area contributed by atoms with Crippen LogP contribution in [0.1, 0.15) is 24.9 Å². The first-order chi connectivity index (χ1) is 8.74. The largest absolute Gasteiger partial charge is 0.382 e. The van der Waals surface area contributed by atoms with Gasteiger partial charge in [0.15, 0.2) is 0 Å². The lowest BCUT2D eigenvalue weighted by atomic mass is 9.92. The number of nitrogens with zero attached hydrogens (tertiary/aromatic N) is 1. The van der Waals surface area contributed by atoms with E-state index in [9.17, 15) is 0 Å². The first-order valence-electron chi connectivity index (χ1n) is 6.75. The minimum atomic E-state index is 0.510. The zero-order valence-electron chi connectivity index (χ0n) is 10.7. The molecule has 1 fully saturated rings. The Labute approximate surface area is 114 Å². The summed E-state index contributed by atoms with van der Waals surface area (Å²) in [6.45, 7) is 6.72. The second-order valence-electron chi connectivity index (χ2n) is 5.31. The Morgan fingerprint density at radius 3 is 2.83 bits per heavy atom. The summed E-state index contributed by atoms with van der Waals surface area (Å²) in [6.07, 6.45) is 1.18. The SMILES string of the molecule is CC1CC(N2CCNCC2)c2ccc(Cl)cc2N1. The van der Waals surface area contributed by atoms with Crippen molar-refractivity contribution in [2.75, 3.05) is 31.5 Å². The van der Waals surface area contributed by atoms with Gasteiger partial charge in [0.2, 0.25) is 0 Å². The summed E-state index contributed by atoms with van der Waals surface area (Å²) in [5.41, 5.74) is 2.61. The highest BCUT2D eigenvalue weighted by atomic mass is 35.5. The second-order valence-corrected chi connectivity index (χ2v) is 5.75. The molecule has 0 aliphatic carbocycles. The third kappa shape index (κ3) is 2.35. The van der Waals surface area contributed by atoms with Gasteiger partial charge in [-0.3, -0.25) is 4.90 Å². The van der Waals surface area contributed by atoms with Crippen molar-refractivity contribution in [3.63, 3.8) is 0 Å².